The van der Waals surface area contributed by atoms with Crippen LogP contribution in [0.3, 0.4) is 0 Å². The van der Waals surface area contributed by atoms with Gasteiger partial charge in [-0.15, -0.1) is 0 Å². The molecule has 0 saturated carbocycles. The number of hydrogen-bond donors (Lipinski definition) is 1. The second-order valence-corrected chi connectivity index (χ2v) is 12.5. The van der Waals surface area contributed by atoms with Crippen LogP contribution in [-0.2, 0) is 32.6 Å². The number of nitrogens with one attached hydrogen (secondary N) is 1. The van der Waals surface area contributed by atoms with Gasteiger partial charge in [0.15, 0.2) is 0 Å². The molecule has 7 nitrogen and oxygen atoms in total. The summed E-state index contributed by atoms with van der Waals surface area (Å²) < 4.78 is 43.4. The van der Waals surface area contributed by atoms with Crippen molar-refractivity contribution in [1.29, 1.82) is 0 Å². The number of halogens is 2. The van der Waals surface area contributed by atoms with E-state index >= 15 is 0 Å². The van der Waals surface area contributed by atoms with Gasteiger partial charge in [0.2, 0.25) is 11.8 Å². The minimum absolute atomic E-state index is 0.0287. The summed E-state index contributed by atoms with van der Waals surface area (Å²) in [6.07, 6.45) is 0.191. The quantitative estimate of drug-likeness (QED) is 0.233. The summed E-state index contributed by atoms with van der Waals surface area (Å²) in [4.78, 5) is 28.8. The summed E-state index contributed by atoms with van der Waals surface area (Å²) in [7, 11) is -2.70. The van der Waals surface area contributed by atoms with Gasteiger partial charge in [-0.2, -0.15) is 0 Å². The Kier molecular flexibility index (Phi) is 10.1. The average molecular weight is 653 g/mol. The van der Waals surface area contributed by atoms with Gasteiger partial charge in [-0.3, -0.25) is 13.9 Å². The number of likely N-dealkylation sites (N-methyl/N-ethyl adjacent to an activating group) is 1. The van der Waals surface area contributed by atoms with Crippen LogP contribution in [0.15, 0.2) is 112 Å². The van der Waals surface area contributed by atoms with E-state index < -0.39 is 40.2 Å². The Bertz CT molecular complexity index is 1620. The highest BCUT2D eigenvalue weighted by Gasteiger charge is 2.34. The number of rotatable bonds is 11. The molecular formula is C32H31BrFN3O4S. The predicted octanol–water partition coefficient (Wildman–Crippen LogP) is 5.48. The molecule has 0 spiro atoms. The van der Waals surface area contributed by atoms with E-state index in [1.807, 2.05) is 37.3 Å². The van der Waals surface area contributed by atoms with E-state index in [0.29, 0.717) is 5.56 Å². The standard InChI is InChI=1S/C32H31BrFN3O4S/c1-23-8-18-29(19-9-23)42(40,41)37(28-16-12-26(33)13-17-28)22-31(38)36(21-25-10-14-27(34)15-11-25)30(32(39)35-2)20-24-6-4-3-5-7-24/h3-19,30H,20-22H2,1-2H3,(H,35,39)/t30-/m1/s1. The number of benzene rings is 4. The third-order valence-electron chi connectivity index (χ3n) is 6.79. The minimum atomic E-state index is -4.18. The van der Waals surface area contributed by atoms with Crippen LogP contribution in [0.25, 0.3) is 0 Å². The molecule has 42 heavy (non-hydrogen) atoms. The van der Waals surface area contributed by atoms with Crippen LogP contribution in [0.1, 0.15) is 16.7 Å². The van der Waals surface area contributed by atoms with Crippen molar-refractivity contribution in [2.75, 3.05) is 17.9 Å². The Labute approximate surface area is 254 Å². The van der Waals surface area contributed by atoms with Crippen molar-refractivity contribution in [1.82, 2.24) is 10.2 Å². The summed E-state index contributed by atoms with van der Waals surface area (Å²) in [5.74, 6) is -1.44. The van der Waals surface area contributed by atoms with Gasteiger partial charge in [0, 0.05) is 24.5 Å². The van der Waals surface area contributed by atoms with Gasteiger partial charge < -0.3 is 10.2 Å². The van der Waals surface area contributed by atoms with Crippen LogP contribution < -0.4 is 9.62 Å². The second-order valence-electron chi connectivity index (χ2n) is 9.77. The molecule has 10 heteroatoms. The largest absolute Gasteiger partial charge is 0.357 e. The maximum absolute atomic E-state index is 14.2. The molecule has 0 aliphatic heterocycles. The first-order valence-corrected chi connectivity index (χ1v) is 15.5. The van der Waals surface area contributed by atoms with Crippen LogP contribution in [0.2, 0.25) is 0 Å². The molecular weight excluding hydrogens is 621 g/mol. The third-order valence-corrected chi connectivity index (χ3v) is 9.10. The van der Waals surface area contributed by atoms with Crippen LogP contribution in [0.4, 0.5) is 10.1 Å². The van der Waals surface area contributed by atoms with Gasteiger partial charge in [0.1, 0.15) is 18.4 Å². The topological polar surface area (TPSA) is 86.8 Å². The lowest BCUT2D eigenvalue weighted by Crippen LogP contribution is -2.53. The SMILES string of the molecule is CNC(=O)[C@@H](Cc1ccccc1)N(Cc1ccc(F)cc1)C(=O)CN(c1ccc(Br)cc1)S(=O)(=O)c1ccc(C)cc1. The molecule has 0 radical (unpaired) electrons. The van der Waals surface area contributed by atoms with Crippen molar-refractivity contribution in [3.63, 3.8) is 0 Å². The normalized spacial score (nSPS) is 11.9. The molecule has 0 fully saturated rings. The van der Waals surface area contributed by atoms with Crippen molar-refractivity contribution in [3.05, 3.63) is 130 Å². The summed E-state index contributed by atoms with van der Waals surface area (Å²) in [6.45, 7) is 1.25. The molecule has 0 saturated heterocycles. The van der Waals surface area contributed by atoms with E-state index in [4.69, 9.17) is 0 Å². The number of carbonyl (C=O) groups is 2. The summed E-state index contributed by atoms with van der Waals surface area (Å²) >= 11 is 3.37. The number of sulfonamides is 1. The third kappa shape index (κ3) is 7.63. The molecule has 4 aromatic carbocycles. The molecule has 0 bridgehead atoms. The minimum Gasteiger partial charge on any atom is -0.357 e. The Morgan fingerprint density at radius 2 is 1.48 bits per heavy atom. The van der Waals surface area contributed by atoms with Crippen LogP contribution >= 0.6 is 15.9 Å². The number of nitrogens with zero attached hydrogens (tertiary/aromatic N) is 2. The highest BCUT2D eigenvalue weighted by atomic mass is 79.9. The molecule has 0 unspecified atom stereocenters. The molecule has 0 aliphatic rings. The lowest BCUT2D eigenvalue weighted by atomic mass is 10.0. The average Bonchev–Trinajstić information content (AvgIpc) is 2.99. The number of amides is 2. The van der Waals surface area contributed by atoms with Crippen molar-refractivity contribution in [3.8, 4) is 0 Å². The van der Waals surface area contributed by atoms with Crippen LogP contribution in [0, 0.1) is 12.7 Å². The Balaban J connectivity index is 1.77. The van der Waals surface area contributed by atoms with Gasteiger partial charge in [0.05, 0.1) is 10.6 Å². The fourth-order valence-electron chi connectivity index (χ4n) is 4.48. The zero-order valence-electron chi connectivity index (χ0n) is 23.2. The lowest BCUT2D eigenvalue weighted by molar-refractivity contribution is -0.139. The van der Waals surface area contributed by atoms with Gasteiger partial charge >= 0.3 is 0 Å². The van der Waals surface area contributed by atoms with Crippen LogP contribution in [-0.4, -0.2) is 44.8 Å². The van der Waals surface area contributed by atoms with E-state index in [1.165, 1.54) is 48.3 Å². The summed E-state index contributed by atoms with van der Waals surface area (Å²) in [6, 6.07) is 26.9. The van der Waals surface area contributed by atoms with E-state index in [0.717, 1.165) is 19.9 Å². The first-order chi connectivity index (χ1) is 20.1. The van der Waals surface area contributed by atoms with E-state index in [9.17, 15) is 22.4 Å². The molecule has 1 N–H and O–H groups in total. The predicted molar refractivity (Wildman–Crippen MR) is 165 cm³/mol. The number of hydrogen-bond acceptors (Lipinski definition) is 4. The highest BCUT2D eigenvalue weighted by Crippen LogP contribution is 2.27. The first-order valence-electron chi connectivity index (χ1n) is 13.2. The fraction of sp³-hybridized carbons (Fsp3) is 0.188. The monoisotopic (exact) mass is 651 g/mol. The zero-order valence-corrected chi connectivity index (χ0v) is 25.6. The van der Waals surface area contributed by atoms with Gasteiger partial charge in [-0.05, 0) is 66.6 Å². The molecule has 2 amide bonds. The maximum atomic E-state index is 14.2. The Morgan fingerprint density at radius 3 is 2.07 bits per heavy atom. The van der Waals surface area contributed by atoms with Crippen molar-refractivity contribution in [2.45, 2.75) is 30.8 Å². The number of anilines is 1. The summed E-state index contributed by atoms with van der Waals surface area (Å²) in [5.41, 5.74) is 2.58. The Morgan fingerprint density at radius 1 is 0.857 bits per heavy atom. The molecule has 218 valence electrons. The van der Waals surface area contributed by atoms with E-state index in [2.05, 4.69) is 21.2 Å². The molecule has 4 aromatic rings. The van der Waals surface area contributed by atoms with Gasteiger partial charge in [0.25, 0.3) is 10.0 Å². The maximum Gasteiger partial charge on any atom is 0.264 e. The van der Waals surface area contributed by atoms with Crippen LogP contribution in [0.5, 0.6) is 0 Å². The number of carbonyl (C=O) groups excluding carboxylic acids is 2. The fourth-order valence-corrected chi connectivity index (χ4v) is 6.16. The zero-order chi connectivity index (χ0) is 30.3. The lowest BCUT2D eigenvalue weighted by Gasteiger charge is -2.33. The van der Waals surface area contributed by atoms with Crippen molar-refractivity contribution < 1.29 is 22.4 Å². The van der Waals surface area contributed by atoms with Crippen molar-refractivity contribution in [2.24, 2.45) is 0 Å². The summed E-state index contributed by atoms with van der Waals surface area (Å²) in [5, 5.41) is 2.64. The number of aryl methyl sites for hydroxylation is 1. The van der Waals surface area contributed by atoms with Crippen molar-refractivity contribution >= 4 is 43.5 Å². The molecule has 1 atom stereocenters. The highest BCUT2D eigenvalue weighted by molar-refractivity contribution is 9.10. The van der Waals surface area contributed by atoms with Gasteiger partial charge in [-0.1, -0.05) is 76.1 Å². The Hall–Kier alpha value is -4.02. The van der Waals surface area contributed by atoms with E-state index in [-0.39, 0.29) is 23.5 Å². The smallest absolute Gasteiger partial charge is 0.264 e. The van der Waals surface area contributed by atoms with Gasteiger partial charge in [-0.25, -0.2) is 12.8 Å². The first kappa shape index (κ1) is 30.9. The molecule has 0 aromatic heterocycles. The molecule has 0 heterocycles. The molecule has 4 rings (SSSR count). The second kappa shape index (κ2) is 13.8. The van der Waals surface area contributed by atoms with E-state index in [1.54, 1.807) is 36.4 Å². The molecule has 0 aliphatic carbocycles.